The third-order valence-electron chi connectivity index (χ3n) is 5.00. The Balaban J connectivity index is 2.18. The van der Waals surface area contributed by atoms with Crippen LogP contribution in [0.25, 0.3) is 0 Å². The lowest BCUT2D eigenvalue weighted by atomic mass is 9.62. The van der Waals surface area contributed by atoms with Gasteiger partial charge >= 0.3 is 0 Å². The van der Waals surface area contributed by atoms with E-state index in [1.807, 2.05) is 18.4 Å². The van der Waals surface area contributed by atoms with Gasteiger partial charge in [-0.25, -0.2) is 0 Å². The first-order valence-electron chi connectivity index (χ1n) is 7.43. The van der Waals surface area contributed by atoms with Gasteiger partial charge in [-0.2, -0.15) is 5.26 Å². The predicted octanol–water partition coefficient (Wildman–Crippen LogP) is 4.84. The third kappa shape index (κ3) is 2.77. The van der Waals surface area contributed by atoms with Crippen molar-refractivity contribution in [3.8, 4) is 6.07 Å². The molecular weight excluding hydrogens is 266 g/mol. The molecule has 0 bridgehead atoms. The van der Waals surface area contributed by atoms with Gasteiger partial charge in [-0.3, -0.25) is 0 Å². The van der Waals surface area contributed by atoms with Crippen LogP contribution in [0.5, 0.6) is 0 Å². The van der Waals surface area contributed by atoms with Crippen LogP contribution in [0.15, 0.2) is 11.4 Å². The largest absolute Gasteiger partial charge is 0.386 e. The van der Waals surface area contributed by atoms with Crippen molar-refractivity contribution in [2.45, 2.75) is 59.5 Å². The maximum absolute atomic E-state index is 10.7. The van der Waals surface area contributed by atoms with E-state index in [0.29, 0.717) is 11.3 Å². The number of hydrogen-bond donors (Lipinski definition) is 1. The van der Waals surface area contributed by atoms with E-state index in [4.69, 9.17) is 0 Å². The first kappa shape index (κ1) is 15.5. The van der Waals surface area contributed by atoms with Crippen LogP contribution in [0.1, 0.15) is 63.0 Å². The van der Waals surface area contributed by atoms with Crippen molar-refractivity contribution >= 4 is 11.3 Å². The van der Waals surface area contributed by atoms with Crippen molar-refractivity contribution < 1.29 is 5.11 Å². The molecule has 1 aliphatic rings. The first-order valence-corrected chi connectivity index (χ1v) is 8.31. The second-order valence-corrected chi connectivity index (χ2v) is 8.23. The van der Waals surface area contributed by atoms with E-state index in [-0.39, 0.29) is 0 Å². The van der Waals surface area contributed by atoms with Crippen LogP contribution >= 0.6 is 11.3 Å². The molecule has 0 radical (unpaired) electrons. The van der Waals surface area contributed by atoms with Crippen molar-refractivity contribution in [2.75, 3.05) is 0 Å². The molecule has 1 unspecified atom stereocenters. The molecule has 1 N–H and O–H groups in total. The van der Waals surface area contributed by atoms with Crippen molar-refractivity contribution in [1.29, 1.82) is 5.26 Å². The maximum atomic E-state index is 10.7. The summed E-state index contributed by atoms with van der Waals surface area (Å²) < 4.78 is 0. The Bertz CT molecular complexity index is 498. The Labute approximate surface area is 126 Å². The molecule has 0 saturated heterocycles. The number of aliphatic hydroxyl groups excluding tert-OH is 1. The fourth-order valence-corrected chi connectivity index (χ4v) is 4.39. The molecule has 1 aromatic heterocycles. The Kier molecular flexibility index (Phi) is 4.27. The second-order valence-electron chi connectivity index (χ2n) is 7.28. The SMILES string of the molecule is Cc1ccsc1C(O)C1(C#N)CCC(C(C)(C)C)CC1. The number of thiophene rings is 1. The van der Waals surface area contributed by atoms with Crippen LogP contribution in [0.2, 0.25) is 0 Å². The van der Waals surface area contributed by atoms with Gasteiger partial charge in [0.05, 0.1) is 11.5 Å². The number of nitrogens with zero attached hydrogens (tertiary/aromatic N) is 1. The first-order chi connectivity index (χ1) is 9.30. The lowest BCUT2D eigenvalue weighted by molar-refractivity contribution is 0.0102. The van der Waals surface area contributed by atoms with Crippen molar-refractivity contribution in [3.63, 3.8) is 0 Å². The van der Waals surface area contributed by atoms with E-state index in [1.54, 1.807) is 11.3 Å². The van der Waals surface area contributed by atoms with E-state index in [2.05, 4.69) is 26.8 Å². The number of aliphatic hydroxyl groups is 1. The summed E-state index contributed by atoms with van der Waals surface area (Å²) in [6.07, 6.45) is 3.07. The van der Waals surface area contributed by atoms with Crippen LogP contribution < -0.4 is 0 Å². The number of nitriles is 1. The normalized spacial score (nSPS) is 28.9. The molecule has 0 spiro atoms. The van der Waals surface area contributed by atoms with Gasteiger partial charge in [0.2, 0.25) is 0 Å². The van der Waals surface area contributed by atoms with Crippen molar-refractivity contribution in [3.05, 3.63) is 21.9 Å². The summed E-state index contributed by atoms with van der Waals surface area (Å²) in [7, 11) is 0. The van der Waals surface area contributed by atoms with E-state index in [1.165, 1.54) is 0 Å². The summed E-state index contributed by atoms with van der Waals surface area (Å²) in [6.45, 7) is 8.84. The van der Waals surface area contributed by atoms with E-state index in [9.17, 15) is 10.4 Å². The summed E-state index contributed by atoms with van der Waals surface area (Å²) in [4.78, 5) is 0.973. The zero-order valence-corrected chi connectivity index (χ0v) is 13.8. The van der Waals surface area contributed by atoms with Gasteiger partial charge in [0.15, 0.2) is 0 Å². The highest BCUT2D eigenvalue weighted by molar-refractivity contribution is 7.10. The Morgan fingerprint density at radius 3 is 2.40 bits per heavy atom. The van der Waals surface area contributed by atoms with Gasteiger partial charge in [0.25, 0.3) is 0 Å². The Hall–Kier alpha value is -0.850. The average molecular weight is 291 g/mol. The monoisotopic (exact) mass is 291 g/mol. The molecule has 2 nitrogen and oxygen atoms in total. The molecule has 20 heavy (non-hydrogen) atoms. The lowest BCUT2D eigenvalue weighted by Crippen LogP contribution is -2.35. The summed E-state index contributed by atoms with van der Waals surface area (Å²) in [5.41, 5.74) is 0.818. The minimum absolute atomic E-state index is 0.297. The van der Waals surface area contributed by atoms with Crippen LogP contribution in [-0.2, 0) is 0 Å². The number of aryl methyl sites for hydroxylation is 1. The molecule has 1 aliphatic carbocycles. The Morgan fingerprint density at radius 1 is 1.40 bits per heavy atom. The van der Waals surface area contributed by atoms with Gasteiger partial charge in [0.1, 0.15) is 6.10 Å². The molecule has 0 aromatic carbocycles. The second kappa shape index (κ2) is 5.50. The topological polar surface area (TPSA) is 44.0 Å². The smallest absolute Gasteiger partial charge is 0.107 e. The quantitative estimate of drug-likeness (QED) is 0.847. The number of rotatable bonds is 2. The molecule has 1 saturated carbocycles. The van der Waals surface area contributed by atoms with E-state index in [0.717, 1.165) is 36.1 Å². The summed E-state index contributed by atoms with van der Waals surface area (Å²) in [5, 5.41) is 22.4. The minimum Gasteiger partial charge on any atom is -0.386 e. The molecule has 1 atom stereocenters. The zero-order valence-electron chi connectivity index (χ0n) is 12.9. The molecule has 0 aliphatic heterocycles. The molecule has 1 aromatic rings. The van der Waals surface area contributed by atoms with Crippen LogP contribution in [-0.4, -0.2) is 5.11 Å². The summed E-state index contributed by atoms with van der Waals surface area (Å²) in [6, 6.07) is 4.48. The number of hydrogen-bond acceptors (Lipinski definition) is 3. The minimum atomic E-state index is -0.631. The van der Waals surface area contributed by atoms with E-state index < -0.39 is 11.5 Å². The standard InChI is InChI=1S/C17H25NOS/c1-12-7-10-20-14(12)15(19)17(11-18)8-5-13(6-9-17)16(2,3)4/h7,10,13,15,19H,5-6,8-9H2,1-4H3. The fourth-order valence-electron chi connectivity index (χ4n) is 3.36. The molecule has 1 fully saturated rings. The van der Waals surface area contributed by atoms with Crippen molar-refractivity contribution in [1.82, 2.24) is 0 Å². The van der Waals surface area contributed by atoms with Gasteiger partial charge < -0.3 is 5.11 Å². The van der Waals surface area contributed by atoms with E-state index >= 15 is 0 Å². The highest BCUT2D eigenvalue weighted by Crippen LogP contribution is 2.51. The van der Waals surface area contributed by atoms with Crippen LogP contribution in [0.4, 0.5) is 0 Å². The molecule has 3 heteroatoms. The van der Waals surface area contributed by atoms with Gasteiger partial charge in [-0.15, -0.1) is 11.3 Å². The van der Waals surface area contributed by atoms with Crippen LogP contribution in [0.3, 0.4) is 0 Å². The molecule has 0 amide bonds. The summed E-state index contributed by atoms with van der Waals surface area (Å²) in [5.74, 6) is 0.653. The maximum Gasteiger partial charge on any atom is 0.107 e. The van der Waals surface area contributed by atoms with Gasteiger partial charge in [-0.05, 0) is 60.9 Å². The van der Waals surface area contributed by atoms with Gasteiger partial charge in [0, 0.05) is 4.88 Å². The fraction of sp³-hybridized carbons (Fsp3) is 0.706. The molecule has 110 valence electrons. The lowest BCUT2D eigenvalue weighted by Gasteiger charge is -2.42. The molecule has 2 rings (SSSR count). The van der Waals surface area contributed by atoms with Crippen molar-refractivity contribution in [2.24, 2.45) is 16.7 Å². The summed E-state index contributed by atoms with van der Waals surface area (Å²) >= 11 is 1.57. The zero-order chi connectivity index (χ0) is 15.0. The average Bonchev–Trinajstić information content (AvgIpc) is 2.83. The predicted molar refractivity (Wildman–Crippen MR) is 83.5 cm³/mol. The molecule has 1 heterocycles. The highest BCUT2D eigenvalue weighted by Gasteiger charge is 2.45. The highest BCUT2D eigenvalue weighted by atomic mass is 32.1. The van der Waals surface area contributed by atoms with Gasteiger partial charge in [-0.1, -0.05) is 20.8 Å². The third-order valence-corrected chi connectivity index (χ3v) is 6.07. The van der Waals surface area contributed by atoms with Crippen LogP contribution in [0, 0.1) is 35.0 Å². The Morgan fingerprint density at radius 2 is 2.00 bits per heavy atom. The molecular formula is C17H25NOS.